The highest BCUT2D eigenvalue weighted by atomic mass is 35.5. The molecule has 0 N–H and O–H groups in total. The third kappa shape index (κ3) is 3.50. The lowest BCUT2D eigenvalue weighted by atomic mass is 10.1. The van der Waals surface area contributed by atoms with Gasteiger partial charge >= 0.3 is 0 Å². The Kier molecular flexibility index (Phi) is 4.67. The zero-order valence-electron chi connectivity index (χ0n) is 10.6. The molecule has 0 saturated carbocycles. The minimum Gasteiger partial charge on any atom is -0.261 e. The van der Waals surface area contributed by atoms with E-state index >= 15 is 0 Å². The fourth-order valence-electron chi connectivity index (χ4n) is 1.73. The predicted octanol–water partition coefficient (Wildman–Crippen LogP) is 4.63. The first-order chi connectivity index (χ1) is 8.69. The van der Waals surface area contributed by atoms with E-state index in [-0.39, 0.29) is 5.38 Å². The van der Waals surface area contributed by atoms with Crippen LogP contribution in [0, 0.1) is 6.92 Å². The van der Waals surface area contributed by atoms with Gasteiger partial charge in [-0.15, -0.1) is 23.4 Å². The van der Waals surface area contributed by atoms with Crippen LogP contribution in [-0.2, 0) is 6.42 Å². The van der Waals surface area contributed by atoms with Gasteiger partial charge in [-0.05, 0) is 42.5 Å². The Morgan fingerprint density at radius 3 is 2.44 bits per heavy atom. The summed E-state index contributed by atoms with van der Waals surface area (Å²) in [5.74, 6) is 0. The molecule has 94 valence electrons. The molecule has 1 heterocycles. The highest BCUT2D eigenvalue weighted by molar-refractivity contribution is 7.98. The number of alkyl halides is 1. The lowest BCUT2D eigenvalue weighted by Gasteiger charge is -2.10. The molecule has 18 heavy (non-hydrogen) atoms. The second-order valence-corrected chi connectivity index (χ2v) is 5.68. The van der Waals surface area contributed by atoms with Gasteiger partial charge in [-0.1, -0.05) is 18.2 Å². The highest BCUT2D eigenvalue weighted by Crippen LogP contribution is 2.26. The van der Waals surface area contributed by atoms with E-state index in [0.717, 1.165) is 17.7 Å². The number of aromatic nitrogens is 1. The van der Waals surface area contributed by atoms with Crippen LogP contribution in [0.1, 0.15) is 22.2 Å². The van der Waals surface area contributed by atoms with Crippen LogP contribution in [0.25, 0.3) is 0 Å². The zero-order valence-corrected chi connectivity index (χ0v) is 12.1. The van der Waals surface area contributed by atoms with E-state index < -0.39 is 0 Å². The van der Waals surface area contributed by atoms with Crippen molar-refractivity contribution in [2.24, 2.45) is 0 Å². The first-order valence-corrected chi connectivity index (χ1v) is 7.54. The third-order valence-electron chi connectivity index (χ3n) is 2.84. The van der Waals surface area contributed by atoms with Crippen molar-refractivity contribution in [2.75, 3.05) is 6.26 Å². The summed E-state index contributed by atoms with van der Waals surface area (Å²) in [4.78, 5) is 5.65. The summed E-state index contributed by atoms with van der Waals surface area (Å²) in [6.45, 7) is 2.04. The van der Waals surface area contributed by atoms with Crippen LogP contribution in [-0.4, -0.2) is 11.2 Å². The standard InChI is InChI=1S/C15H16ClNS/c1-11-3-6-13(17-10-11)9-15(16)12-4-7-14(18-2)8-5-12/h3-8,10,15H,9H2,1-2H3. The van der Waals surface area contributed by atoms with Gasteiger partial charge in [0.2, 0.25) is 0 Å². The summed E-state index contributed by atoms with van der Waals surface area (Å²) >= 11 is 8.17. The van der Waals surface area contributed by atoms with Crippen molar-refractivity contribution in [2.45, 2.75) is 23.6 Å². The second-order valence-electron chi connectivity index (χ2n) is 4.27. The van der Waals surface area contributed by atoms with E-state index in [2.05, 4.69) is 41.6 Å². The van der Waals surface area contributed by atoms with Crippen molar-refractivity contribution in [1.82, 2.24) is 4.98 Å². The monoisotopic (exact) mass is 277 g/mol. The van der Waals surface area contributed by atoms with Crippen LogP contribution in [0.5, 0.6) is 0 Å². The molecule has 1 aromatic carbocycles. The number of halogens is 1. The number of rotatable bonds is 4. The average molecular weight is 278 g/mol. The van der Waals surface area contributed by atoms with Gasteiger partial charge < -0.3 is 0 Å². The van der Waals surface area contributed by atoms with E-state index in [1.165, 1.54) is 10.5 Å². The van der Waals surface area contributed by atoms with Gasteiger partial charge in [0.05, 0.1) is 5.38 Å². The van der Waals surface area contributed by atoms with E-state index in [4.69, 9.17) is 11.6 Å². The van der Waals surface area contributed by atoms with Crippen LogP contribution in [0.2, 0.25) is 0 Å². The molecule has 1 aromatic heterocycles. The van der Waals surface area contributed by atoms with Gasteiger partial charge in [0.15, 0.2) is 0 Å². The molecule has 0 fully saturated rings. The third-order valence-corrected chi connectivity index (χ3v) is 3.99. The summed E-state index contributed by atoms with van der Waals surface area (Å²) in [6, 6.07) is 12.5. The van der Waals surface area contributed by atoms with Crippen molar-refractivity contribution in [3.05, 3.63) is 59.4 Å². The Hall–Kier alpha value is -0.990. The number of thioether (sulfide) groups is 1. The molecule has 0 saturated heterocycles. The van der Waals surface area contributed by atoms with Crippen LogP contribution in [0.4, 0.5) is 0 Å². The van der Waals surface area contributed by atoms with E-state index in [9.17, 15) is 0 Å². The molecule has 2 aromatic rings. The summed E-state index contributed by atoms with van der Waals surface area (Å²) in [5, 5.41) is -0.0175. The Labute approximate surface area is 118 Å². The van der Waals surface area contributed by atoms with Gasteiger partial charge in [-0.3, -0.25) is 4.98 Å². The summed E-state index contributed by atoms with van der Waals surface area (Å²) in [7, 11) is 0. The van der Waals surface area contributed by atoms with Crippen molar-refractivity contribution in [1.29, 1.82) is 0 Å². The van der Waals surface area contributed by atoms with Gasteiger partial charge in [0, 0.05) is 23.2 Å². The first-order valence-electron chi connectivity index (χ1n) is 5.88. The quantitative estimate of drug-likeness (QED) is 0.597. The Morgan fingerprint density at radius 2 is 1.89 bits per heavy atom. The molecule has 3 heteroatoms. The maximum Gasteiger partial charge on any atom is 0.0640 e. The molecular formula is C15H16ClNS. The van der Waals surface area contributed by atoms with Crippen LogP contribution < -0.4 is 0 Å². The molecule has 0 aliphatic rings. The number of aryl methyl sites for hydroxylation is 1. The first kappa shape index (κ1) is 13.4. The van der Waals surface area contributed by atoms with Crippen molar-refractivity contribution in [3.63, 3.8) is 0 Å². The van der Waals surface area contributed by atoms with Gasteiger partial charge in [0.25, 0.3) is 0 Å². The minimum atomic E-state index is -0.0175. The van der Waals surface area contributed by atoms with Crippen molar-refractivity contribution >= 4 is 23.4 Å². The summed E-state index contributed by atoms with van der Waals surface area (Å²) < 4.78 is 0. The van der Waals surface area contributed by atoms with E-state index in [1.807, 2.05) is 19.2 Å². The molecule has 1 atom stereocenters. The number of nitrogens with zero attached hydrogens (tertiary/aromatic N) is 1. The maximum absolute atomic E-state index is 6.43. The maximum atomic E-state index is 6.43. The summed E-state index contributed by atoms with van der Waals surface area (Å²) in [6.07, 6.45) is 4.72. The zero-order chi connectivity index (χ0) is 13.0. The second kappa shape index (κ2) is 6.26. The predicted molar refractivity (Wildman–Crippen MR) is 79.5 cm³/mol. The van der Waals surface area contributed by atoms with Crippen molar-refractivity contribution in [3.8, 4) is 0 Å². The van der Waals surface area contributed by atoms with Crippen LogP contribution in [0.3, 0.4) is 0 Å². The number of hydrogen-bond donors (Lipinski definition) is 0. The lowest BCUT2D eigenvalue weighted by molar-refractivity contribution is 0.877. The average Bonchev–Trinajstić information content (AvgIpc) is 2.41. The molecule has 0 bridgehead atoms. The SMILES string of the molecule is CSc1ccc(C(Cl)Cc2ccc(C)cn2)cc1. The highest BCUT2D eigenvalue weighted by Gasteiger charge is 2.09. The van der Waals surface area contributed by atoms with Gasteiger partial charge in [0.1, 0.15) is 0 Å². The van der Waals surface area contributed by atoms with Crippen molar-refractivity contribution < 1.29 is 0 Å². The lowest BCUT2D eigenvalue weighted by Crippen LogP contribution is -1.98. The van der Waals surface area contributed by atoms with E-state index in [0.29, 0.717) is 0 Å². The molecule has 0 amide bonds. The fraction of sp³-hybridized carbons (Fsp3) is 0.267. The Morgan fingerprint density at radius 1 is 1.17 bits per heavy atom. The molecule has 0 spiro atoms. The molecule has 1 unspecified atom stereocenters. The Bertz CT molecular complexity index is 493. The molecule has 0 aliphatic heterocycles. The van der Waals surface area contributed by atoms with Gasteiger partial charge in [-0.25, -0.2) is 0 Å². The summed E-state index contributed by atoms with van der Waals surface area (Å²) in [5.41, 5.74) is 3.36. The van der Waals surface area contributed by atoms with Crippen LogP contribution in [0.15, 0.2) is 47.5 Å². The normalized spacial score (nSPS) is 12.4. The molecule has 1 nitrogen and oxygen atoms in total. The number of pyridine rings is 1. The minimum absolute atomic E-state index is 0.0175. The molecule has 2 rings (SSSR count). The smallest absolute Gasteiger partial charge is 0.0640 e. The van der Waals surface area contributed by atoms with E-state index in [1.54, 1.807) is 11.8 Å². The van der Waals surface area contributed by atoms with Gasteiger partial charge in [-0.2, -0.15) is 0 Å². The Balaban J connectivity index is 2.06. The topological polar surface area (TPSA) is 12.9 Å². The van der Waals surface area contributed by atoms with Crippen LogP contribution >= 0.6 is 23.4 Å². The fourth-order valence-corrected chi connectivity index (χ4v) is 2.45. The largest absolute Gasteiger partial charge is 0.261 e. The molecule has 0 aliphatic carbocycles. The number of hydrogen-bond acceptors (Lipinski definition) is 2. The number of benzene rings is 1. The molecular weight excluding hydrogens is 262 g/mol. The molecule has 0 radical (unpaired) electrons.